The van der Waals surface area contributed by atoms with E-state index in [1.807, 2.05) is 60.7 Å². The Hall–Kier alpha value is -6.85. The molecule has 0 saturated heterocycles. The van der Waals surface area contributed by atoms with Crippen LogP contribution in [0.1, 0.15) is 38.8 Å². The van der Waals surface area contributed by atoms with E-state index < -0.39 is 0 Å². The van der Waals surface area contributed by atoms with E-state index in [2.05, 4.69) is 129 Å². The molecule has 3 aromatic heterocycles. The van der Waals surface area contributed by atoms with Crippen molar-refractivity contribution in [3.63, 3.8) is 0 Å². The molecule has 0 bridgehead atoms. The summed E-state index contributed by atoms with van der Waals surface area (Å²) in [5.41, 5.74) is 13.0. The fourth-order valence-electron chi connectivity index (χ4n) is 9.06. The zero-order valence-corrected chi connectivity index (χ0v) is 31.7. The van der Waals surface area contributed by atoms with E-state index in [9.17, 15) is 0 Å². The Morgan fingerprint density at radius 3 is 1.91 bits per heavy atom. The fourth-order valence-corrected chi connectivity index (χ4v) is 9.06. The van der Waals surface area contributed by atoms with Gasteiger partial charge in [-0.25, -0.2) is 15.0 Å². The van der Waals surface area contributed by atoms with Crippen LogP contribution in [0, 0.1) is 0 Å². The summed E-state index contributed by atoms with van der Waals surface area (Å²) in [5, 5.41) is 4.50. The molecular weight excluding hydrogens is 685 g/mol. The number of hydrogen-bond acceptors (Lipinski definition) is 4. The third-order valence-corrected chi connectivity index (χ3v) is 12.6. The highest BCUT2D eigenvalue weighted by Crippen LogP contribution is 2.55. The highest BCUT2D eigenvalue weighted by Gasteiger charge is 2.46. The summed E-state index contributed by atoms with van der Waals surface area (Å²) in [4.78, 5) is 15.5. The molecule has 0 atom stereocenters. The lowest BCUT2D eigenvalue weighted by atomic mass is 9.55. The minimum absolute atomic E-state index is 0.0685. The molecule has 3 heterocycles. The molecule has 0 radical (unpaired) electrons. The van der Waals surface area contributed by atoms with Crippen molar-refractivity contribution in [2.75, 3.05) is 0 Å². The number of rotatable bonds is 4. The van der Waals surface area contributed by atoms with Gasteiger partial charge in [-0.15, -0.1) is 0 Å². The molecule has 10 aromatic rings. The lowest BCUT2D eigenvalue weighted by Crippen LogP contribution is -2.43. The summed E-state index contributed by atoms with van der Waals surface area (Å²) in [6, 6.07) is 55.6. The monoisotopic (exact) mass is 722 g/mol. The molecule has 11 rings (SSSR count). The molecule has 0 aliphatic heterocycles. The first-order valence-electron chi connectivity index (χ1n) is 19.3. The topological polar surface area (TPSA) is 56.7 Å². The van der Waals surface area contributed by atoms with Crippen molar-refractivity contribution in [2.24, 2.45) is 0 Å². The summed E-state index contributed by atoms with van der Waals surface area (Å²) in [7, 11) is 0. The van der Waals surface area contributed by atoms with Crippen molar-refractivity contribution in [3.8, 4) is 51.0 Å². The Morgan fingerprint density at radius 1 is 0.429 bits per heavy atom. The van der Waals surface area contributed by atoms with E-state index in [-0.39, 0.29) is 10.8 Å². The lowest BCUT2D eigenvalue weighted by Gasteiger charge is -2.48. The molecule has 0 unspecified atom stereocenters. The van der Waals surface area contributed by atoms with Crippen molar-refractivity contribution >= 4 is 43.7 Å². The van der Waals surface area contributed by atoms with Crippen LogP contribution in [0.15, 0.2) is 162 Å². The van der Waals surface area contributed by atoms with Crippen LogP contribution in [0.25, 0.3) is 94.7 Å². The van der Waals surface area contributed by atoms with Gasteiger partial charge in [0.1, 0.15) is 11.2 Å². The first-order chi connectivity index (χ1) is 27.3. The Labute approximate surface area is 324 Å². The standard InChI is InChI=1S/C51H38N4O/c1-50(2)40-24-11-8-20-34(40)38-29-39-35-21-9-12-25-42(35)55(43(39)30-41(38)51(50,3)4)33-19-14-18-32(28-33)48-52-47(31-16-6-5-7-17-31)53-49(54-48)37-23-15-27-45-46(37)36-22-10-13-26-44(36)56-45/h5-30H,1-4H3. The van der Waals surface area contributed by atoms with E-state index in [0.717, 1.165) is 49.8 Å². The average molecular weight is 723 g/mol. The molecule has 1 aliphatic carbocycles. The predicted octanol–water partition coefficient (Wildman–Crippen LogP) is 13.1. The average Bonchev–Trinajstić information content (AvgIpc) is 3.78. The third kappa shape index (κ3) is 4.64. The molecule has 0 spiro atoms. The van der Waals surface area contributed by atoms with E-state index in [0.29, 0.717) is 17.5 Å². The smallest absolute Gasteiger partial charge is 0.164 e. The second-order valence-corrected chi connectivity index (χ2v) is 16.1. The maximum atomic E-state index is 6.27. The minimum atomic E-state index is -0.119. The fraction of sp³-hybridized carbons (Fsp3) is 0.118. The zero-order valence-electron chi connectivity index (χ0n) is 31.7. The first-order valence-corrected chi connectivity index (χ1v) is 19.3. The minimum Gasteiger partial charge on any atom is -0.456 e. The normalized spacial score (nSPS) is 14.4. The van der Waals surface area contributed by atoms with Crippen LogP contribution >= 0.6 is 0 Å². The summed E-state index contributed by atoms with van der Waals surface area (Å²) in [6.45, 7) is 9.58. The van der Waals surface area contributed by atoms with Gasteiger partial charge in [0.25, 0.3) is 0 Å². The van der Waals surface area contributed by atoms with Crippen molar-refractivity contribution in [3.05, 3.63) is 169 Å². The van der Waals surface area contributed by atoms with E-state index >= 15 is 0 Å². The van der Waals surface area contributed by atoms with Gasteiger partial charge in [-0.1, -0.05) is 143 Å². The number of para-hydroxylation sites is 2. The number of nitrogens with zero attached hydrogens (tertiary/aromatic N) is 4. The van der Waals surface area contributed by atoms with Crippen LogP contribution in [0.5, 0.6) is 0 Å². The Kier molecular flexibility index (Phi) is 6.88. The summed E-state index contributed by atoms with van der Waals surface area (Å²) >= 11 is 0. The molecule has 0 fully saturated rings. The summed E-state index contributed by atoms with van der Waals surface area (Å²) < 4.78 is 8.69. The Morgan fingerprint density at radius 2 is 1.05 bits per heavy atom. The van der Waals surface area contributed by atoms with Gasteiger partial charge in [0, 0.05) is 43.9 Å². The second-order valence-electron chi connectivity index (χ2n) is 16.1. The SMILES string of the molecule is CC1(C)c2ccccc2-c2cc3c4ccccc4n(-c4cccc(-c5nc(-c6ccccc6)nc(-c6cccc7oc8ccccc8c67)n5)c4)c3cc2C1(C)C. The highest BCUT2D eigenvalue weighted by molar-refractivity contribution is 6.12. The Bertz CT molecular complexity index is 3200. The number of hydrogen-bond donors (Lipinski definition) is 0. The number of benzene rings is 7. The quantitative estimate of drug-likeness (QED) is 0.181. The second kappa shape index (κ2) is 11.8. The van der Waals surface area contributed by atoms with Crippen LogP contribution in [0.4, 0.5) is 0 Å². The van der Waals surface area contributed by atoms with Gasteiger partial charge < -0.3 is 8.98 Å². The molecule has 56 heavy (non-hydrogen) atoms. The Balaban J connectivity index is 1.14. The van der Waals surface area contributed by atoms with Crippen molar-refractivity contribution in [1.29, 1.82) is 0 Å². The van der Waals surface area contributed by atoms with Gasteiger partial charge >= 0.3 is 0 Å². The van der Waals surface area contributed by atoms with Crippen molar-refractivity contribution in [2.45, 2.75) is 38.5 Å². The molecule has 0 amide bonds. The third-order valence-electron chi connectivity index (χ3n) is 12.6. The van der Waals surface area contributed by atoms with E-state index in [1.165, 1.54) is 38.5 Å². The van der Waals surface area contributed by atoms with Gasteiger partial charge in [-0.3, -0.25) is 0 Å². The molecular formula is C51H38N4O. The first kappa shape index (κ1) is 32.6. The van der Waals surface area contributed by atoms with Crippen LogP contribution in [0.2, 0.25) is 0 Å². The van der Waals surface area contributed by atoms with Gasteiger partial charge in [-0.2, -0.15) is 0 Å². The summed E-state index contributed by atoms with van der Waals surface area (Å²) in [6.07, 6.45) is 0. The van der Waals surface area contributed by atoms with Crippen molar-refractivity contribution < 1.29 is 4.42 Å². The molecule has 1 aliphatic rings. The molecule has 5 nitrogen and oxygen atoms in total. The van der Waals surface area contributed by atoms with E-state index in [1.54, 1.807) is 0 Å². The molecule has 0 saturated carbocycles. The van der Waals surface area contributed by atoms with E-state index in [4.69, 9.17) is 19.4 Å². The van der Waals surface area contributed by atoms with Crippen LogP contribution in [-0.2, 0) is 10.8 Å². The largest absolute Gasteiger partial charge is 0.456 e. The van der Waals surface area contributed by atoms with Crippen LogP contribution < -0.4 is 0 Å². The van der Waals surface area contributed by atoms with Crippen LogP contribution in [0.3, 0.4) is 0 Å². The molecule has 7 aromatic carbocycles. The van der Waals surface area contributed by atoms with Crippen LogP contribution in [-0.4, -0.2) is 19.5 Å². The van der Waals surface area contributed by atoms with Gasteiger partial charge in [0.05, 0.1) is 11.0 Å². The zero-order chi connectivity index (χ0) is 37.8. The lowest BCUT2D eigenvalue weighted by molar-refractivity contribution is 0.299. The summed E-state index contributed by atoms with van der Waals surface area (Å²) in [5.74, 6) is 1.83. The van der Waals surface area contributed by atoms with Gasteiger partial charge in [-0.05, 0) is 75.5 Å². The van der Waals surface area contributed by atoms with Crippen molar-refractivity contribution in [1.82, 2.24) is 19.5 Å². The number of fused-ring (bicyclic) bond motifs is 9. The van der Waals surface area contributed by atoms with Gasteiger partial charge in [0.15, 0.2) is 17.5 Å². The predicted molar refractivity (Wildman–Crippen MR) is 229 cm³/mol. The molecule has 0 N–H and O–H groups in total. The molecule has 268 valence electrons. The highest BCUT2D eigenvalue weighted by atomic mass is 16.3. The molecule has 5 heteroatoms. The maximum Gasteiger partial charge on any atom is 0.164 e. The number of aromatic nitrogens is 4. The number of furan rings is 1. The van der Waals surface area contributed by atoms with Gasteiger partial charge in [0.2, 0.25) is 0 Å². The maximum absolute atomic E-state index is 6.27.